The summed E-state index contributed by atoms with van der Waals surface area (Å²) < 4.78 is 47.9. The number of nitro groups is 1. The average Bonchev–Trinajstić information content (AvgIpc) is 2.51. The van der Waals surface area contributed by atoms with Crippen LogP contribution in [0.3, 0.4) is 0 Å². The molecule has 0 aromatic heterocycles. The number of sulfonamides is 1. The van der Waals surface area contributed by atoms with Crippen molar-refractivity contribution in [1.29, 1.82) is 0 Å². The van der Waals surface area contributed by atoms with Gasteiger partial charge in [-0.15, -0.1) is 0 Å². The van der Waals surface area contributed by atoms with Gasteiger partial charge < -0.3 is 5.32 Å². The van der Waals surface area contributed by atoms with Gasteiger partial charge in [-0.3, -0.25) is 10.1 Å². The molecule has 10 heteroatoms. The minimum atomic E-state index is -4.26. The van der Waals surface area contributed by atoms with Gasteiger partial charge in [0, 0.05) is 12.1 Å². The van der Waals surface area contributed by atoms with Crippen molar-refractivity contribution in [2.75, 3.05) is 5.32 Å². The summed E-state index contributed by atoms with van der Waals surface area (Å²) >= 11 is 0. The number of alkyl halides is 2. The van der Waals surface area contributed by atoms with Crippen molar-refractivity contribution in [2.24, 2.45) is 5.14 Å². The van der Waals surface area contributed by atoms with Crippen LogP contribution in [0.2, 0.25) is 0 Å². The molecule has 0 bridgehead atoms. The highest BCUT2D eigenvalue weighted by Gasteiger charge is 2.26. The quantitative estimate of drug-likeness (QED) is 0.609. The third-order valence-electron chi connectivity index (χ3n) is 3.20. The Kier molecular flexibility index (Phi) is 5.10. The van der Waals surface area contributed by atoms with E-state index in [1.807, 2.05) is 0 Å². The van der Waals surface area contributed by atoms with E-state index < -0.39 is 32.0 Å². The summed E-state index contributed by atoms with van der Waals surface area (Å²) in [7, 11) is -4.26. The van der Waals surface area contributed by atoms with Gasteiger partial charge >= 0.3 is 5.69 Å². The number of para-hydroxylation sites is 1. The first-order chi connectivity index (χ1) is 11.2. The number of hydrogen-bond acceptors (Lipinski definition) is 5. The van der Waals surface area contributed by atoms with Gasteiger partial charge in [-0.25, -0.2) is 22.3 Å². The normalized spacial score (nSPS) is 11.5. The lowest BCUT2D eigenvalue weighted by atomic mass is 10.1. The molecule has 0 spiro atoms. The molecule has 7 nitrogen and oxygen atoms in total. The largest absolute Gasteiger partial charge is 0.375 e. The van der Waals surface area contributed by atoms with Gasteiger partial charge in [0.25, 0.3) is 6.43 Å². The monoisotopic (exact) mass is 357 g/mol. The Labute approximate surface area is 136 Å². The van der Waals surface area contributed by atoms with Crippen LogP contribution in [-0.4, -0.2) is 13.3 Å². The fraction of sp³-hybridized carbons (Fsp3) is 0.143. The van der Waals surface area contributed by atoms with Gasteiger partial charge in [0.2, 0.25) is 10.0 Å². The number of nitrogens with zero attached hydrogens (tertiary/aromatic N) is 1. The number of benzene rings is 2. The molecule has 0 unspecified atom stereocenters. The van der Waals surface area contributed by atoms with Gasteiger partial charge in [0.05, 0.1) is 4.92 Å². The van der Waals surface area contributed by atoms with Crippen molar-refractivity contribution >= 4 is 21.4 Å². The highest BCUT2D eigenvalue weighted by molar-refractivity contribution is 7.89. The van der Waals surface area contributed by atoms with E-state index in [0.717, 1.165) is 6.07 Å². The van der Waals surface area contributed by atoms with E-state index in [2.05, 4.69) is 5.32 Å². The zero-order valence-electron chi connectivity index (χ0n) is 12.1. The zero-order valence-corrected chi connectivity index (χ0v) is 13.0. The molecule has 128 valence electrons. The van der Waals surface area contributed by atoms with E-state index in [1.165, 1.54) is 36.4 Å². The molecule has 0 aliphatic carbocycles. The lowest BCUT2D eigenvalue weighted by molar-refractivity contribution is -0.386. The molecule has 0 saturated carbocycles. The number of nitro benzene ring substituents is 1. The van der Waals surface area contributed by atoms with Gasteiger partial charge in [-0.2, -0.15) is 0 Å². The Morgan fingerprint density at radius 3 is 2.29 bits per heavy atom. The minimum Gasteiger partial charge on any atom is -0.375 e. The molecule has 0 heterocycles. The van der Waals surface area contributed by atoms with Crippen LogP contribution in [0.1, 0.15) is 17.6 Å². The third kappa shape index (κ3) is 4.03. The molecule has 0 saturated heterocycles. The van der Waals surface area contributed by atoms with Gasteiger partial charge in [0.15, 0.2) is 4.90 Å². The summed E-state index contributed by atoms with van der Waals surface area (Å²) in [6.45, 7) is 0.0818. The molecule has 0 aliphatic heterocycles. The van der Waals surface area contributed by atoms with Gasteiger partial charge in [-0.05, 0) is 17.7 Å². The van der Waals surface area contributed by atoms with Gasteiger partial charge in [0.1, 0.15) is 5.69 Å². The summed E-state index contributed by atoms with van der Waals surface area (Å²) in [6, 6.07) is 9.08. The molecular weight excluding hydrogens is 344 g/mol. The lowest BCUT2D eigenvalue weighted by Crippen LogP contribution is -2.15. The molecule has 3 N–H and O–H groups in total. The summed E-state index contributed by atoms with van der Waals surface area (Å²) in [5, 5.41) is 18.9. The van der Waals surface area contributed by atoms with Crippen LogP contribution in [0.15, 0.2) is 47.4 Å². The van der Waals surface area contributed by atoms with Crippen molar-refractivity contribution in [2.45, 2.75) is 17.9 Å². The molecule has 0 aliphatic rings. The second-order valence-electron chi connectivity index (χ2n) is 4.85. The summed E-state index contributed by atoms with van der Waals surface area (Å²) in [4.78, 5) is 9.73. The number of halogens is 2. The number of hydrogen-bond donors (Lipinski definition) is 2. The SMILES string of the molecule is NS(=O)(=O)c1cccc(NCc2ccc(C(F)F)cc2)c1[N+](=O)[O-]. The Morgan fingerprint density at radius 2 is 1.79 bits per heavy atom. The molecule has 2 aromatic rings. The van der Waals surface area contributed by atoms with Crippen molar-refractivity contribution < 1.29 is 22.1 Å². The van der Waals surface area contributed by atoms with E-state index in [-0.39, 0.29) is 17.8 Å². The summed E-state index contributed by atoms with van der Waals surface area (Å²) in [5.74, 6) is 0. The van der Waals surface area contributed by atoms with Crippen LogP contribution in [-0.2, 0) is 16.6 Å². The number of nitrogens with one attached hydrogen (secondary N) is 1. The van der Waals surface area contributed by atoms with Gasteiger partial charge in [-0.1, -0.05) is 30.3 Å². The first-order valence-electron chi connectivity index (χ1n) is 6.61. The van der Waals surface area contributed by atoms with E-state index >= 15 is 0 Å². The van der Waals surface area contributed by atoms with Crippen molar-refractivity contribution in [3.8, 4) is 0 Å². The molecule has 0 fully saturated rings. The van der Waals surface area contributed by atoms with Crippen LogP contribution in [0, 0.1) is 10.1 Å². The van der Waals surface area contributed by atoms with Crippen LogP contribution in [0.5, 0.6) is 0 Å². The molecule has 0 radical (unpaired) electrons. The maximum absolute atomic E-state index is 12.5. The smallest absolute Gasteiger partial charge is 0.312 e. The Hall–Kier alpha value is -2.59. The van der Waals surface area contributed by atoms with Crippen molar-refractivity contribution in [3.05, 3.63) is 63.7 Å². The fourth-order valence-electron chi connectivity index (χ4n) is 2.06. The van der Waals surface area contributed by atoms with Crippen molar-refractivity contribution in [1.82, 2.24) is 0 Å². The highest BCUT2D eigenvalue weighted by atomic mass is 32.2. The molecule has 2 aromatic carbocycles. The number of primary sulfonamides is 1. The summed E-state index contributed by atoms with van der Waals surface area (Å²) in [6.07, 6.45) is -2.58. The topological polar surface area (TPSA) is 115 Å². The third-order valence-corrected chi connectivity index (χ3v) is 4.15. The van der Waals surface area contributed by atoms with E-state index in [9.17, 15) is 27.3 Å². The highest BCUT2D eigenvalue weighted by Crippen LogP contribution is 2.31. The molecule has 0 amide bonds. The lowest BCUT2D eigenvalue weighted by Gasteiger charge is -2.10. The second-order valence-corrected chi connectivity index (χ2v) is 6.38. The van der Waals surface area contributed by atoms with E-state index in [4.69, 9.17) is 5.14 Å². The maximum atomic E-state index is 12.5. The number of nitrogens with two attached hydrogens (primary N) is 1. The Bertz CT molecular complexity index is 855. The minimum absolute atomic E-state index is 0.0375. The number of rotatable bonds is 6. The first-order valence-corrected chi connectivity index (χ1v) is 8.16. The Morgan fingerprint density at radius 1 is 1.17 bits per heavy atom. The predicted molar refractivity (Wildman–Crippen MR) is 83.2 cm³/mol. The zero-order chi connectivity index (χ0) is 17.9. The molecular formula is C14H13F2N3O4S. The fourth-order valence-corrected chi connectivity index (χ4v) is 2.78. The van der Waals surface area contributed by atoms with E-state index in [0.29, 0.717) is 5.56 Å². The predicted octanol–water partition coefficient (Wildman–Crippen LogP) is 2.79. The summed E-state index contributed by atoms with van der Waals surface area (Å²) in [5.41, 5.74) is -0.246. The number of anilines is 1. The van der Waals surface area contributed by atoms with Crippen LogP contribution in [0.4, 0.5) is 20.2 Å². The molecule has 2 rings (SSSR count). The molecule has 24 heavy (non-hydrogen) atoms. The van der Waals surface area contributed by atoms with Crippen molar-refractivity contribution in [3.63, 3.8) is 0 Å². The van der Waals surface area contributed by atoms with E-state index in [1.54, 1.807) is 0 Å². The maximum Gasteiger partial charge on any atom is 0.312 e. The van der Waals surface area contributed by atoms with Crippen LogP contribution >= 0.6 is 0 Å². The Balaban J connectivity index is 2.28. The second kappa shape index (κ2) is 6.89. The average molecular weight is 357 g/mol. The van der Waals surface area contributed by atoms with Crippen LogP contribution < -0.4 is 10.5 Å². The standard InChI is InChI=1S/C14H13F2N3O4S/c15-14(16)10-6-4-9(5-7-10)8-18-11-2-1-3-12(24(17,22)23)13(11)19(20)21/h1-7,14,18H,8H2,(H2,17,22,23). The molecule has 0 atom stereocenters. The van der Waals surface area contributed by atoms with Crippen LogP contribution in [0.25, 0.3) is 0 Å². The first kappa shape index (κ1) is 17.8.